The minimum atomic E-state index is 0.639. The predicted molar refractivity (Wildman–Crippen MR) is 122 cm³/mol. The van der Waals surface area contributed by atoms with E-state index in [9.17, 15) is 0 Å². The maximum atomic E-state index is 2.62. The molecule has 0 N–H and O–H groups in total. The quantitative estimate of drug-likeness (QED) is 0.209. The van der Waals surface area contributed by atoms with Crippen LogP contribution in [-0.2, 0) is 0 Å². The molecule has 2 nitrogen and oxygen atoms in total. The third kappa shape index (κ3) is 11.7. The predicted octanol–water partition coefficient (Wildman–Crippen LogP) is 8.09. The Labute approximate surface area is 171 Å². The second-order valence-electron chi connectivity index (χ2n) is 8.64. The van der Waals surface area contributed by atoms with Crippen molar-refractivity contribution in [2.75, 3.05) is 13.1 Å². The van der Waals surface area contributed by atoms with E-state index < -0.39 is 0 Å². The Bertz CT molecular complexity index is 339. The molecule has 0 radical (unpaired) electrons. The number of hydrogen-bond acceptors (Lipinski definition) is 2. The van der Waals surface area contributed by atoms with Crippen LogP contribution in [0.25, 0.3) is 0 Å². The molecule has 0 saturated heterocycles. The Morgan fingerprint density at radius 3 is 1.26 bits per heavy atom. The van der Waals surface area contributed by atoms with Crippen LogP contribution in [0.15, 0.2) is 12.4 Å². The van der Waals surface area contributed by atoms with Gasteiger partial charge in [-0.05, 0) is 19.3 Å². The van der Waals surface area contributed by atoms with Crippen molar-refractivity contribution in [2.45, 2.75) is 136 Å². The highest BCUT2D eigenvalue weighted by Crippen LogP contribution is 2.22. The molecular weight excluding hydrogens is 328 g/mol. The highest BCUT2D eigenvalue weighted by atomic mass is 15.4. The van der Waals surface area contributed by atoms with Gasteiger partial charge < -0.3 is 9.80 Å². The third-order valence-corrected chi connectivity index (χ3v) is 6.05. The van der Waals surface area contributed by atoms with E-state index in [2.05, 4.69) is 43.0 Å². The molecule has 160 valence electrons. The molecule has 0 saturated carbocycles. The summed E-state index contributed by atoms with van der Waals surface area (Å²) in [5.74, 6) is 0. The van der Waals surface area contributed by atoms with Crippen LogP contribution < -0.4 is 0 Å². The summed E-state index contributed by atoms with van der Waals surface area (Å²) in [5, 5.41) is 0. The molecule has 0 aromatic heterocycles. The fourth-order valence-electron chi connectivity index (χ4n) is 4.28. The molecule has 0 bridgehead atoms. The first-order valence-electron chi connectivity index (χ1n) is 12.5. The molecule has 0 fully saturated rings. The fraction of sp³-hybridized carbons (Fsp3) is 0.920. The van der Waals surface area contributed by atoms with Crippen molar-refractivity contribution < 1.29 is 0 Å². The van der Waals surface area contributed by atoms with Gasteiger partial charge in [0.2, 0.25) is 0 Å². The SMILES string of the molecule is CCCCCCCCCCCCCN1C=CN(CCCCCC)C1CCC. The molecule has 0 aromatic rings. The molecule has 0 aromatic carbocycles. The normalized spacial score (nSPS) is 16.6. The van der Waals surface area contributed by atoms with Gasteiger partial charge in [0.05, 0.1) is 0 Å². The number of unbranched alkanes of at least 4 members (excludes halogenated alkanes) is 13. The van der Waals surface area contributed by atoms with Crippen LogP contribution in [0.5, 0.6) is 0 Å². The monoisotopic (exact) mass is 378 g/mol. The summed E-state index contributed by atoms with van der Waals surface area (Å²) in [6.07, 6.45) is 29.2. The highest BCUT2D eigenvalue weighted by Gasteiger charge is 2.24. The minimum Gasteiger partial charge on any atom is -0.356 e. The molecule has 27 heavy (non-hydrogen) atoms. The van der Waals surface area contributed by atoms with E-state index in [1.165, 1.54) is 122 Å². The molecular formula is C25H50N2. The Morgan fingerprint density at radius 1 is 0.481 bits per heavy atom. The Kier molecular flexibility index (Phi) is 15.7. The molecule has 1 atom stereocenters. The first-order valence-corrected chi connectivity index (χ1v) is 12.5. The van der Waals surface area contributed by atoms with Crippen LogP contribution in [-0.4, -0.2) is 29.1 Å². The summed E-state index contributed by atoms with van der Waals surface area (Å²) in [6.45, 7) is 9.42. The summed E-state index contributed by atoms with van der Waals surface area (Å²) in [4.78, 5) is 5.23. The molecule has 0 aliphatic carbocycles. The van der Waals surface area contributed by atoms with Crippen molar-refractivity contribution in [3.05, 3.63) is 12.4 Å². The lowest BCUT2D eigenvalue weighted by atomic mass is 10.1. The van der Waals surface area contributed by atoms with E-state index in [-0.39, 0.29) is 0 Å². The van der Waals surface area contributed by atoms with Crippen molar-refractivity contribution in [1.29, 1.82) is 0 Å². The largest absolute Gasteiger partial charge is 0.356 e. The van der Waals surface area contributed by atoms with Gasteiger partial charge in [-0.3, -0.25) is 0 Å². The average molecular weight is 379 g/mol. The second-order valence-corrected chi connectivity index (χ2v) is 8.64. The summed E-state index contributed by atoms with van der Waals surface area (Å²) in [6, 6.07) is 0. The van der Waals surface area contributed by atoms with Crippen LogP contribution in [0, 0.1) is 0 Å². The van der Waals surface area contributed by atoms with Gasteiger partial charge in [0, 0.05) is 25.5 Å². The summed E-state index contributed by atoms with van der Waals surface area (Å²) in [5.41, 5.74) is 0. The smallest absolute Gasteiger partial charge is 0.101 e. The van der Waals surface area contributed by atoms with Crippen LogP contribution in [0.1, 0.15) is 130 Å². The molecule has 2 heteroatoms. The Morgan fingerprint density at radius 2 is 0.852 bits per heavy atom. The van der Waals surface area contributed by atoms with E-state index in [1.807, 2.05) is 0 Å². The van der Waals surface area contributed by atoms with Gasteiger partial charge in [-0.2, -0.15) is 0 Å². The molecule has 1 aliphatic rings. The standard InChI is InChI=1S/C25H50N2/c1-4-7-9-11-12-13-14-15-16-17-19-22-27-24-23-26(25(27)20-6-3)21-18-10-8-5-2/h23-25H,4-22H2,1-3H3. The van der Waals surface area contributed by atoms with E-state index >= 15 is 0 Å². The molecule has 1 unspecified atom stereocenters. The zero-order chi connectivity index (χ0) is 19.6. The van der Waals surface area contributed by atoms with Crippen LogP contribution in [0.2, 0.25) is 0 Å². The second kappa shape index (κ2) is 17.4. The van der Waals surface area contributed by atoms with Crippen molar-refractivity contribution >= 4 is 0 Å². The van der Waals surface area contributed by atoms with Crippen molar-refractivity contribution in [3.63, 3.8) is 0 Å². The fourth-order valence-corrected chi connectivity index (χ4v) is 4.28. The number of nitrogens with zero attached hydrogens (tertiary/aromatic N) is 2. The van der Waals surface area contributed by atoms with Gasteiger partial charge >= 0.3 is 0 Å². The van der Waals surface area contributed by atoms with Gasteiger partial charge in [-0.1, -0.05) is 111 Å². The zero-order valence-corrected chi connectivity index (χ0v) is 19.1. The first kappa shape index (κ1) is 24.4. The van der Waals surface area contributed by atoms with Gasteiger partial charge in [-0.25, -0.2) is 0 Å². The molecule has 1 aliphatic heterocycles. The molecule has 0 spiro atoms. The Balaban J connectivity index is 2.05. The lowest BCUT2D eigenvalue weighted by Crippen LogP contribution is -2.39. The summed E-state index contributed by atoms with van der Waals surface area (Å²) in [7, 11) is 0. The molecule has 1 heterocycles. The number of rotatable bonds is 19. The van der Waals surface area contributed by atoms with Crippen LogP contribution >= 0.6 is 0 Å². The maximum absolute atomic E-state index is 2.62. The zero-order valence-electron chi connectivity index (χ0n) is 19.1. The summed E-state index contributed by atoms with van der Waals surface area (Å²) >= 11 is 0. The van der Waals surface area contributed by atoms with E-state index in [0.29, 0.717) is 6.17 Å². The van der Waals surface area contributed by atoms with E-state index in [1.54, 1.807) is 0 Å². The van der Waals surface area contributed by atoms with Gasteiger partial charge in [0.15, 0.2) is 0 Å². The van der Waals surface area contributed by atoms with Gasteiger partial charge in [-0.15, -0.1) is 0 Å². The lowest BCUT2D eigenvalue weighted by Gasteiger charge is -2.33. The van der Waals surface area contributed by atoms with Gasteiger partial charge in [0.1, 0.15) is 6.17 Å². The highest BCUT2D eigenvalue weighted by molar-refractivity contribution is 4.96. The van der Waals surface area contributed by atoms with Crippen LogP contribution in [0.4, 0.5) is 0 Å². The number of hydrogen-bond donors (Lipinski definition) is 0. The maximum Gasteiger partial charge on any atom is 0.101 e. The third-order valence-electron chi connectivity index (χ3n) is 6.05. The van der Waals surface area contributed by atoms with Crippen LogP contribution in [0.3, 0.4) is 0 Å². The van der Waals surface area contributed by atoms with E-state index in [0.717, 1.165) is 0 Å². The molecule has 0 amide bonds. The van der Waals surface area contributed by atoms with Gasteiger partial charge in [0.25, 0.3) is 0 Å². The van der Waals surface area contributed by atoms with Crippen molar-refractivity contribution in [3.8, 4) is 0 Å². The minimum absolute atomic E-state index is 0.639. The van der Waals surface area contributed by atoms with E-state index in [4.69, 9.17) is 0 Å². The summed E-state index contributed by atoms with van der Waals surface area (Å²) < 4.78 is 0. The lowest BCUT2D eigenvalue weighted by molar-refractivity contribution is 0.138. The van der Waals surface area contributed by atoms with Crippen molar-refractivity contribution in [1.82, 2.24) is 9.80 Å². The topological polar surface area (TPSA) is 6.48 Å². The van der Waals surface area contributed by atoms with Crippen molar-refractivity contribution in [2.24, 2.45) is 0 Å². The molecule has 1 rings (SSSR count). The Hall–Kier alpha value is -0.660. The first-order chi connectivity index (χ1) is 13.3. The average Bonchev–Trinajstić information content (AvgIpc) is 3.05.